The van der Waals surface area contributed by atoms with E-state index in [0.717, 1.165) is 24.4 Å². The third-order valence-electron chi connectivity index (χ3n) is 2.26. The highest BCUT2D eigenvalue weighted by Crippen LogP contribution is 2.07. The average molecular weight is 198 g/mol. The highest BCUT2D eigenvalue weighted by Gasteiger charge is 1.99. The molecule has 0 aliphatic carbocycles. The van der Waals surface area contributed by atoms with Gasteiger partial charge in [-0.25, -0.2) is 4.98 Å². The molecule has 2 nitrogen and oxygen atoms in total. The molecule has 2 rings (SSSR count). The lowest BCUT2D eigenvalue weighted by atomic mass is 10.1. The second-order valence-electron chi connectivity index (χ2n) is 3.51. The highest BCUT2D eigenvalue weighted by molar-refractivity contribution is 5.21. The van der Waals surface area contributed by atoms with E-state index in [0.29, 0.717) is 0 Å². The van der Waals surface area contributed by atoms with Gasteiger partial charge in [-0.2, -0.15) is 0 Å². The molecule has 0 aliphatic rings. The maximum atomic E-state index is 4.28. The molecule has 0 unspecified atom stereocenters. The number of allylic oxidation sites excluding steroid dienone is 1. The molecule has 2 aromatic rings. The molecule has 0 aliphatic heterocycles. The summed E-state index contributed by atoms with van der Waals surface area (Å²) in [5.41, 5.74) is 2.45. The molecule has 1 N–H and O–H groups in total. The third-order valence-corrected chi connectivity index (χ3v) is 2.26. The lowest BCUT2D eigenvalue weighted by molar-refractivity contribution is 1.02. The molecule has 0 amide bonds. The highest BCUT2D eigenvalue weighted by atomic mass is 14.9. The molecular weight excluding hydrogens is 184 g/mol. The monoisotopic (exact) mass is 198 g/mol. The molecule has 0 saturated heterocycles. The molecule has 15 heavy (non-hydrogen) atoms. The first-order valence-corrected chi connectivity index (χ1v) is 5.06. The Bertz CT molecular complexity index is 429. The number of nitrogens with zero attached hydrogens (tertiary/aromatic N) is 1. The van der Waals surface area contributed by atoms with Gasteiger partial charge in [0.15, 0.2) is 0 Å². The zero-order chi connectivity index (χ0) is 10.5. The molecule has 2 heteroatoms. The minimum atomic E-state index is 0.800. The third kappa shape index (κ3) is 2.56. The minimum absolute atomic E-state index is 0.800. The lowest BCUT2D eigenvalue weighted by Gasteiger charge is -1.97. The van der Waals surface area contributed by atoms with Crippen LogP contribution in [0.2, 0.25) is 0 Å². The molecular formula is C13H14N2. The van der Waals surface area contributed by atoms with Crippen molar-refractivity contribution in [2.45, 2.75) is 12.8 Å². The van der Waals surface area contributed by atoms with Crippen LogP contribution >= 0.6 is 0 Å². The summed E-state index contributed by atoms with van der Waals surface area (Å²) in [7, 11) is 0. The van der Waals surface area contributed by atoms with E-state index in [-0.39, 0.29) is 0 Å². The summed E-state index contributed by atoms with van der Waals surface area (Å²) in [6.07, 6.45) is 5.46. The second kappa shape index (κ2) is 4.60. The SMILES string of the molecule is C=CCc1ncc(Cc2ccccc2)[nH]1. The first-order chi connectivity index (χ1) is 7.38. The van der Waals surface area contributed by atoms with Gasteiger partial charge in [0.2, 0.25) is 0 Å². The Morgan fingerprint density at radius 3 is 2.80 bits per heavy atom. The van der Waals surface area contributed by atoms with Crippen LogP contribution in [0.5, 0.6) is 0 Å². The van der Waals surface area contributed by atoms with Gasteiger partial charge in [-0.15, -0.1) is 6.58 Å². The molecule has 1 heterocycles. The van der Waals surface area contributed by atoms with Crippen molar-refractivity contribution in [1.29, 1.82) is 0 Å². The van der Waals surface area contributed by atoms with Gasteiger partial charge in [-0.3, -0.25) is 0 Å². The number of nitrogens with one attached hydrogen (secondary N) is 1. The van der Waals surface area contributed by atoms with Crippen molar-refractivity contribution < 1.29 is 0 Å². The number of rotatable bonds is 4. The topological polar surface area (TPSA) is 28.7 Å². The maximum Gasteiger partial charge on any atom is 0.110 e. The van der Waals surface area contributed by atoms with Gasteiger partial charge >= 0.3 is 0 Å². The first-order valence-electron chi connectivity index (χ1n) is 5.06. The van der Waals surface area contributed by atoms with E-state index in [9.17, 15) is 0 Å². The van der Waals surface area contributed by atoms with Crippen LogP contribution in [0, 0.1) is 0 Å². The molecule has 0 saturated carbocycles. The second-order valence-corrected chi connectivity index (χ2v) is 3.51. The summed E-state index contributed by atoms with van der Waals surface area (Å²) < 4.78 is 0. The fourth-order valence-electron chi connectivity index (χ4n) is 1.55. The van der Waals surface area contributed by atoms with Crippen LogP contribution in [0.15, 0.2) is 49.2 Å². The summed E-state index contributed by atoms with van der Waals surface area (Å²) >= 11 is 0. The van der Waals surface area contributed by atoms with E-state index < -0.39 is 0 Å². The Labute approximate surface area is 89.7 Å². The van der Waals surface area contributed by atoms with Gasteiger partial charge in [-0.1, -0.05) is 36.4 Å². The van der Waals surface area contributed by atoms with E-state index in [1.807, 2.05) is 18.3 Å². The fraction of sp³-hybridized carbons (Fsp3) is 0.154. The molecule has 0 spiro atoms. The zero-order valence-electron chi connectivity index (χ0n) is 8.61. The van der Waals surface area contributed by atoms with Crippen LogP contribution in [0.3, 0.4) is 0 Å². The van der Waals surface area contributed by atoms with Crippen molar-refractivity contribution in [1.82, 2.24) is 9.97 Å². The Morgan fingerprint density at radius 1 is 1.27 bits per heavy atom. The average Bonchev–Trinajstić information content (AvgIpc) is 2.68. The van der Waals surface area contributed by atoms with E-state index in [1.54, 1.807) is 0 Å². The Hall–Kier alpha value is -1.83. The standard InChI is InChI=1S/C13H14N2/c1-2-6-13-14-10-12(15-13)9-11-7-4-3-5-8-11/h2-5,7-8,10H,1,6,9H2,(H,14,15). The maximum absolute atomic E-state index is 4.28. The number of hydrogen-bond donors (Lipinski definition) is 1. The predicted octanol–water partition coefficient (Wildman–Crippen LogP) is 2.73. The number of benzene rings is 1. The lowest BCUT2D eigenvalue weighted by Crippen LogP contribution is -1.88. The van der Waals surface area contributed by atoms with Gasteiger partial charge in [0.1, 0.15) is 5.82 Å². The minimum Gasteiger partial charge on any atom is -0.345 e. The van der Waals surface area contributed by atoms with Crippen molar-refractivity contribution in [3.05, 3.63) is 66.3 Å². The number of H-pyrrole nitrogens is 1. The number of aromatic nitrogens is 2. The summed E-state index contributed by atoms with van der Waals surface area (Å²) in [5, 5.41) is 0. The van der Waals surface area contributed by atoms with Crippen molar-refractivity contribution in [3.63, 3.8) is 0 Å². The van der Waals surface area contributed by atoms with Crippen LogP contribution < -0.4 is 0 Å². The van der Waals surface area contributed by atoms with Gasteiger partial charge in [0, 0.05) is 24.7 Å². The summed E-state index contributed by atoms with van der Waals surface area (Å²) in [5.74, 6) is 0.982. The summed E-state index contributed by atoms with van der Waals surface area (Å²) in [6, 6.07) is 10.4. The van der Waals surface area contributed by atoms with Crippen molar-refractivity contribution in [2.75, 3.05) is 0 Å². The molecule has 1 aromatic carbocycles. The van der Waals surface area contributed by atoms with E-state index in [4.69, 9.17) is 0 Å². The van der Waals surface area contributed by atoms with E-state index in [2.05, 4.69) is 40.8 Å². The molecule has 0 radical (unpaired) electrons. The van der Waals surface area contributed by atoms with Crippen LogP contribution in [0.4, 0.5) is 0 Å². The molecule has 76 valence electrons. The Balaban J connectivity index is 2.08. The van der Waals surface area contributed by atoms with Crippen molar-refractivity contribution in [2.24, 2.45) is 0 Å². The largest absolute Gasteiger partial charge is 0.345 e. The number of hydrogen-bond acceptors (Lipinski definition) is 1. The van der Waals surface area contributed by atoms with Gasteiger partial charge < -0.3 is 4.98 Å². The molecule has 0 atom stereocenters. The van der Waals surface area contributed by atoms with Crippen molar-refractivity contribution >= 4 is 0 Å². The van der Waals surface area contributed by atoms with E-state index in [1.165, 1.54) is 5.56 Å². The fourth-order valence-corrected chi connectivity index (χ4v) is 1.55. The van der Waals surface area contributed by atoms with Gasteiger partial charge in [0.25, 0.3) is 0 Å². The van der Waals surface area contributed by atoms with Crippen LogP contribution in [0.1, 0.15) is 17.1 Å². The molecule has 0 fully saturated rings. The molecule has 1 aromatic heterocycles. The first kappa shape index (κ1) is 9.71. The number of aromatic amines is 1. The normalized spacial score (nSPS) is 10.1. The molecule has 0 bridgehead atoms. The van der Waals surface area contributed by atoms with Crippen molar-refractivity contribution in [3.8, 4) is 0 Å². The van der Waals surface area contributed by atoms with Crippen LogP contribution in [-0.4, -0.2) is 9.97 Å². The van der Waals surface area contributed by atoms with Gasteiger partial charge in [0.05, 0.1) is 0 Å². The zero-order valence-corrected chi connectivity index (χ0v) is 8.61. The smallest absolute Gasteiger partial charge is 0.110 e. The Kier molecular flexibility index (Phi) is 2.98. The van der Waals surface area contributed by atoms with Crippen LogP contribution in [-0.2, 0) is 12.8 Å². The van der Waals surface area contributed by atoms with E-state index >= 15 is 0 Å². The quantitative estimate of drug-likeness (QED) is 0.752. The summed E-state index contributed by atoms with van der Waals surface area (Å²) in [6.45, 7) is 3.69. The predicted molar refractivity (Wildman–Crippen MR) is 61.7 cm³/mol. The van der Waals surface area contributed by atoms with Gasteiger partial charge in [-0.05, 0) is 5.56 Å². The Morgan fingerprint density at radius 2 is 2.07 bits per heavy atom. The number of imidazole rings is 1. The van der Waals surface area contributed by atoms with Crippen LogP contribution in [0.25, 0.3) is 0 Å². The summed E-state index contributed by atoms with van der Waals surface area (Å²) in [4.78, 5) is 7.56.